The van der Waals surface area contributed by atoms with Crippen molar-refractivity contribution in [2.45, 2.75) is 25.4 Å². The van der Waals surface area contributed by atoms with E-state index >= 15 is 0 Å². The van der Waals surface area contributed by atoms with Gasteiger partial charge in [-0.2, -0.15) is 5.10 Å². The molecule has 0 radical (unpaired) electrons. The maximum atomic E-state index is 12.1. The number of ether oxygens (including phenoxy) is 1. The Hall–Kier alpha value is -2.34. The zero-order valence-electron chi connectivity index (χ0n) is 13.3. The van der Waals surface area contributed by atoms with E-state index in [0.717, 1.165) is 37.0 Å². The standard InChI is InChI=1S/C17H22N4O2/c1-21-12-15(13-6-3-2-4-7-13)16(20-21)19-17(22)18-10-9-14-8-5-11-23-14/h2-4,6-7,12,14H,5,8-11H2,1H3,(H2,18,19,20,22). The summed E-state index contributed by atoms with van der Waals surface area (Å²) in [7, 11) is 1.84. The van der Waals surface area contributed by atoms with Crippen LogP contribution in [0.4, 0.5) is 10.6 Å². The summed E-state index contributed by atoms with van der Waals surface area (Å²) in [6.45, 7) is 1.44. The van der Waals surface area contributed by atoms with Crippen LogP contribution >= 0.6 is 0 Å². The maximum absolute atomic E-state index is 12.1. The van der Waals surface area contributed by atoms with Crippen LogP contribution in [-0.2, 0) is 11.8 Å². The van der Waals surface area contributed by atoms with Gasteiger partial charge in [0.2, 0.25) is 0 Å². The first-order chi connectivity index (χ1) is 11.2. The molecule has 1 aliphatic rings. The Bertz CT molecular complexity index is 648. The largest absolute Gasteiger partial charge is 0.378 e. The minimum absolute atomic E-state index is 0.237. The van der Waals surface area contributed by atoms with Crippen molar-refractivity contribution in [2.24, 2.45) is 7.05 Å². The normalized spacial score (nSPS) is 17.2. The number of benzene rings is 1. The molecule has 23 heavy (non-hydrogen) atoms. The average Bonchev–Trinajstić information content (AvgIpc) is 3.18. The van der Waals surface area contributed by atoms with Gasteiger partial charge in [0, 0.05) is 32.0 Å². The summed E-state index contributed by atoms with van der Waals surface area (Å²) in [5, 5.41) is 10.0. The highest BCUT2D eigenvalue weighted by atomic mass is 16.5. The second-order valence-corrected chi connectivity index (χ2v) is 5.74. The molecule has 2 N–H and O–H groups in total. The fourth-order valence-electron chi connectivity index (χ4n) is 2.78. The Kier molecular flexibility index (Phi) is 4.92. The molecular formula is C17H22N4O2. The summed E-state index contributed by atoms with van der Waals surface area (Å²) in [5.74, 6) is 0.563. The maximum Gasteiger partial charge on any atom is 0.320 e. The van der Waals surface area contributed by atoms with E-state index in [1.165, 1.54) is 0 Å². The fraction of sp³-hybridized carbons (Fsp3) is 0.412. The van der Waals surface area contributed by atoms with Crippen LogP contribution in [0.2, 0.25) is 0 Å². The first kappa shape index (κ1) is 15.6. The summed E-state index contributed by atoms with van der Waals surface area (Å²) in [4.78, 5) is 12.1. The van der Waals surface area contributed by atoms with Gasteiger partial charge in [-0.1, -0.05) is 30.3 Å². The van der Waals surface area contributed by atoms with Crippen LogP contribution in [0.1, 0.15) is 19.3 Å². The summed E-state index contributed by atoms with van der Waals surface area (Å²) >= 11 is 0. The number of hydrogen-bond donors (Lipinski definition) is 2. The van der Waals surface area contributed by atoms with E-state index < -0.39 is 0 Å². The van der Waals surface area contributed by atoms with Gasteiger partial charge in [-0.25, -0.2) is 4.79 Å². The fourth-order valence-corrected chi connectivity index (χ4v) is 2.78. The van der Waals surface area contributed by atoms with Gasteiger partial charge < -0.3 is 10.1 Å². The van der Waals surface area contributed by atoms with Gasteiger partial charge in [-0.05, 0) is 24.8 Å². The van der Waals surface area contributed by atoms with Crippen molar-refractivity contribution < 1.29 is 9.53 Å². The summed E-state index contributed by atoms with van der Waals surface area (Å²) in [6, 6.07) is 9.65. The van der Waals surface area contributed by atoms with Crippen LogP contribution in [0.15, 0.2) is 36.5 Å². The van der Waals surface area contributed by atoms with Crippen LogP contribution < -0.4 is 10.6 Å². The van der Waals surface area contributed by atoms with Gasteiger partial charge in [0.05, 0.1) is 6.10 Å². The van der Waals surface area contributed by atoms with Crippen LogP contribution in [0.25, 0.3) is 11.1 Å². The predicted octanol–water partition coefficient (Wildman–Crippen LogP) is 2.78. The Morgan fingerprint density at radius 2 is 2.22 bits per heavy atom. The van der Waals surface area contributed by atoms with Crippen molar-refractivity contribution in [3.05, 3.63) is 36.5 Å². The van der Waals surface area contributed by atoms with Gasteiger partial charge in [-0.3, -0.25) is 10.00 Å². The third kappa shape index (κ3) is 4.10. The van der Waals surface area contributed by atoms with Crippen molar-refractivity contribution in [2.75, 3.05) is 18.5 Å². The molecule has 122 valence electrons. The lowest BCUT2D eigenvalue weighted by molar-refractivity contribution is 0.105. The number of rotatable bonds is 5. The number of aromatic nitrogens is 2. The van der Waals surface area contributed by atoms with Crippen LogP contribution in [0, 0.1) is 0 Å². The van der Waals surface area contributed by atoms with Crippen molar-refractivity contribution in [3.63, 3.8) is 0 Å². The van der Waals surface area contributed by atoms with Crippen molar-refractivity contribution in [3.8, 4) is 11.1 Å². The van der Waals surface area contributed by atoms with Gasteiger partial charge in [0.1, 0.15) is 0 Å². The second kappa shape index (κ2) is 7.28. The first-order valence-corrected chi connectivity index (χ1v) is 7.98. The molecule has 0 aliphatic carbocycles. The highest BCUT2D eigenvalue weighted by Crippen LogP contribution is 2.26. The SMILES string of the molecule is Cn1cc(-c2ccccc2)c(NC(=O)NCCC2CCCO2)n1. The molecule has 1 aliphatic heterocycles. The molecule has 2 heterocycles. The van der Waals surface area contributed by atoms with Crippen LogP contribution in [-0.4, -0.2) is 35.1 Å². The third-order valence-corrected chi connectivity index (χ3v) is 3.92. The zero-order valence-corrected chi connectivity index (χ0v) is 13.3. The molecule has 1 aromatic carbocycles. The summed E-state index contributed by atoms with van der Waals surface area (Å²) < 4.78 is 7.24. The lowest BCUT2D eigenvalue weighted by Crippen LogP contribution is -2.31. The number of nitrogens with one attached hydrogen (secondary N) is 2. The molecule has 1 fully saturated rings. The molecule has 1 aromatic heterocycles. The topological polar surface area (TPSA) is 68.2 Å². The van der Waals surface area contributed by atoms with Gasteiger partial charge >= 0.3 is 6.03 Å². The summed E-state index contributed by atoms with van der Waals surface area (Å²) in [5.41, 5.74) is 1.93. The van der Waals surface area contributed by atoms with Gasteiger partial charge in [0.25, 0.3) is 0 Å². The van der Waals surface area contributed by atoms with E-state index in [2.05, 4.69) is 15.7 Å². The van der Waals surface area contributed by atoms with Crippen molar-refractivity contribution >= 4 is 11.8 Å². The second-order valence-electron chi connectivity index (χ2n) is 5.74. The number of anilines is 1. The molecule has 0 spiro atoms. The van der Waals surface area contributed by atoms with Crippen molar-refractivity contribution in [1.82, 2.24) is 15.1 Å². The third-order valence-electron chi connectivity index (χ3n) is 3.92. The number of aryl methyl sites for hydroxylation is 1. The van der Waals surface area contributed by atoms with E-state index in [1.807, 2.05) is 43.6 Å². The monoisotopic (exact) mass is 314 g/mol. The van der Waals surface area contributed by atoms with Crippen LogP contribution in [0.5, 0.6) is 0 Å². The highest BCUT2D eigenvalue weighted by molar-refractivity contribution is 5.92. The van der Waals surface area contributed by atoms with Gasteiger partial charge in [-0.15, -0.1) is 0 Å². The predicted molar refractivity (Wildman–Crippen MR) is 89.3 cm³/mol. The lowest BCUT2D eigenvalue weighted by atomic mass is 10.1. The van der Waals surface area contributed by atoms with E-state index in [4.69, 9.17) is 4.74 Å². The Morgan fingerprint density at radius 1 is 1.39 bits per heavy atom. The number of nitrogens with zero attached hydrogens (tertiary/aromatic N) is 2. The molecule has 0 saturated carbocycles. The molecule has 2 aromatic rings. The van der Waals surface area contributed by atoms with E-state index in [0.29, 0.717) is 12.4 Å². The highest BCUT2D eigenvalue weighted by Gasteiger charge is 2.16. The minimum Gasteiger partial charge on any atom is -0.378 e. The van der Waals surface area contributed by atoms with E-state index in [-0.39, 0.29) is 12.1 Å². The van der Waals surface area contributed by atoms with E-state index in [9.17, 15) is 4.79 Å². The zero-order chi connectivity index (χ0) is 16.1. The molecule has 1 unspecified atom stereocenters. The van der Waals surface area contributed by atoms with Crippen LogP contribution in [0.3, 0.4) is 0 Å². The number of hydrogen-bond acceptors (Lipinski definition) is 3. The molecule has 6 nitrogen and oxygen atoms in total. The number of amides is 2. The smallest absolute Gasteiger partial charge is 0.320 e. The number of carbonyl (C=O) groups is 1. The number of urea groups is 1. The average molecular weight is 314 g/mol. The van der Waals surface area contributed by atoms with E-state index in [1.54, 1.807) is 4.68 Å². The summed E-state index contributed by atoms with van der Waals surface area (Å²) in [6.07, 6.45) is 5.23. The Morgan fingerprint density at radius 3 is 2.96 bits per heavy atom. The molecular weight excluding hydrogens is 292 g/mol. The molecule has 3 rings (SSSR count). The molecule has 1 atom stereocenters. The molecule has 0 bridgehead atoms. The first-order valence-electron chi connectivity index (χ1n) is 7.98. The Labute approximate surface area is 135 Å². The number of carbonyl (C=O) groups excluding carboxylic acids is 1. The molecule has 6 heteroatoms. The molecule has 1 saturated heterocycles. The molecule has 2 amide bonds. The quantitative estimate of drug-likeness (QED) is 0.891. The minimum atomic E-state index is -0.237. The van der Waals surface area contributed by atoms with Crippen molar-refractivity contribution in [1.29, 1.82) is 0 Å². The Balaban J connectivity index is 1.58. The lowest BCUT2D eigenvalue weighted by Gasteiger charge is -2.10. The van der Waals surface area contributed by atoms with Gasteiger partial charge in [0.15, 0.2) is 5.82 Å².